The van der Waals surface area contributed by atoms with Crippen LogP contribution >= 0.6 is 0 Å². The van der Waals surface area contributed by atoms with Gasteiger partial charge in [0.25, 0.3) is 0 Å². The number of halogens is 3. The normalized spacial score (nSPS) is 21.9. The van der Waals surface area contributed by atoms with Crippen LogP contribution in [0.5, 0.6) is 0 Å². The summed E-state index contributed by atoms with van der Waals surface area (Å²) in [5, 5.41) is 4.25. The maximum atomic E-state index is 13.0. The molecule has 0 N–H and O–H groups in total. The highest BCUT2D eigenvalue weighted by Crippen LogP contribution is 2.33. The molecule has 0 unspecified atom stereocenters. The van der Waals surface area contributed by atoms with Crippen molar-refractivity contribution in [2.24, 2.45) is 5.92 Å². The van der Waals surface area contributed by atoms with Gasteiger partial charge in [-0.25, -0.2) is 4.79 Å². The van der Waals surface area contributed by atoms with E-state index in [1.807, 2.05) is 12.1 Å². The molecule has 4 rings (SSSR count). The first-order chi connectivity index (χ1) is 16.2. The number of methoxy groups -OCH3 is 1. The molecule has 0 atom stereocenters. The molecule has 1 aliphatic carbocycles. The van der Waals surface area contributed by atoms with Crippen LogP contribution in [0.15, 0.2) is 35.4 Å². The van der Waals surface area contributed by atoms with Gasteiger partial charge in [-0.15, -0.1) is 0 Å². The molecule has 34 heavy (non-hydrogen) atoms. The number of piperidine rings is 1. The van der Waals surface area contributed by atoms with Gasteiger partial charge in [0.1, 0.15) is 6.33 Å². The zero-order chi connectivity index (χ0) is 24.5. The number of amides is 1. The van der Waals surface area contributed by atoms with E-state index in [1.54, 1.807) is 16.7 Å². The molecule has 1 saturated heterocycles. The highest BCUT2D eigenvalue weighted by atomic mass is 19.4. The fourth-order valence-corrected chi connectivity index (χ4v) is 4.98. The van der Waals surface area contributed by atoms with Crippen LogP contribution in [0.3, 0.4) is 0 Å². The van der Waals surface area contributed by atoms with Crippen LogP contribution in [0.1, 0.15) is 56.0 Å². The molecular formula is C23H27F3N4O4. The number of esters is 1. The maximum absolute atomic E-state index is 13.0. The van der Waals surface area contributed by atoms with E-state index in [1.165, 1.54) is 18.1 Å². The molecule has 2 aromatic rings. The summed E-state index contributed by atoms with van der Waals surface area (Å²) in [4.78, 5) is 36.9. The quantitative estimate of drug-likeness (QED) is 0.628. The largest absolute Gasteiger partial charge is 0.471 e. The first-order valence-corrected chi connectivity index (χ1v) is 11.4. The number of carbonyl (C=O) groups is 2. The zero-order valence-corrected chi connectivity index (χ0v) is 18.8. The van der Waals surface area contributed by atoms with Crippen molar-refractivity contribution in [3.8, 4) is 5.69 Å². The van der Waals surface area contributed by atoms with Crippen molar-refractivity contribution >= 4 is 11.9 Å². The maximum Gasteiger partial charge on any atom is 0.471 e. The highest BCUT2D eigenvalue weighted by molar-refractivity contribution is 5.81. The number of nitrogens with zero attached hydrogens (tertiary/aromatic N) is 4. The molecule has 0 spiro atoms. The Balaban J connectivity index is 1.39. The molecule has 0 bridgehead atoms. The lowest BCUT2D eigenvalue weighted by molar-refractivity contribution is -0.186. The fourth-order valence-electron chi connectivity index (χ4n) is 4.98. The van der Waals surface area contributed by atoms with E-state index in [4.69, 9.17) is 4.74 Å². The summed E-state index contributed by atoms with van der Waals surface area (Å²) in [5.41, 5.74) is 1.30. The molecule has 184 valence electrons. The molecule has 1 saturated carbocycles. The number of carbonyl (C=O) groups excluding carboxylic acids is 2. The smallest absolute Gasteiger partial charge is 0.469 e. The second-order valence-corrected chi connectivity index (χ2v) is 8.92. The summed E-state index contributed by atoms with van der Waals surface area (Å²) in [6, 6.07) is 7.24. The van der Waals surface area contributed by atoms with Crippen molar-refractivity contribution in [2.45, 2.75) is 56.7 Å². The van der Waals surface area contributed by atoms with Crippen LogP contribution in [0.25, 0.3) is 5.69 Å². The number of aromatic nitrogens is 3. The minimum Gasteiger partial charge on any atom is -0.469 e. The first-order valence-electron chi connectivity index (χ1n) is 11.4. The summed E-state index contributed by atoms with van der Waals surface area (Å²) < 4.78 is 45.6. The van der Waals surface area contributed by atoms with Gasteiger partial charge in [0, 0.05) is 19.1 Å². The summed E-state index contributed by atoms with van der Waals surface area (Å²) in [6.45, 7) is 0.125. The number of benzene rings is 1. The van der Waals surface area contributed by atoms with Crippen LogP contribution in [-0.4, -0.2) is 57.5 Å². The van der Waals surface area contributed by atoms with Gasteiger partial charge in [-0.3, -0.25) is 14.2 Å². The number of rotatable bonds is 4. The Morgan fingerprint density at radius 3 is 2.18 bits per heavy atom. The van der Waals surface area contributed by atoms with Crippen molar-refractivity contribution in [1.29, 1.82) is 0 Å². The number of hydrogen-bond acceptors (Lipinski definition) is 5. The summed E-state index contributed by atoms with van der Waals surface area (Å²) >= 11 is 0. The lowest BCUT2D eigenvalue weighted by atomic mass is 9.86. The second kappa shape index (κ2) is 9.63. The van der Waals surface area contributed by atoms with Crippen molar-refractivity contribution in [3.63, 3.8) is 0 Å². The third-order valence-electron chi connectivity index (χ3n) is 6.95. The predicted octanol–water partition coefficient (Wildman–Crippen LogP) is 3.21. The molecule has 1 aliphatic heterocycles. The van der Waals surface area contributed by atoms with Gasteiger partial charge >= 0.3 is 23.7 Å². The minimum atomic E-state index is -4.84. The Bertz CT molecular complexity index is 1080. The molecule has 11 heteroatoms. The average Bonchev–Trinajstić information content (AvgIpc) is 3.24. The van der Waals surface area contributed by atoms with Gasteiger partial charge < -0.3 is 9.64 Å². The fraction of sp³-hybridized carbons (Fsp3) is 0.565. The Hall–Kier alpha value is -3.11. The van der Waals surface area contributed by atoms with Crippen molar-refractivity contribution in [1.82, 2.24) is 19.2 Å². The Labute approximate surface area is 194 Å². The zero-order valence-electron chi connectivity index (χ0n) is 18.8. The van der Waals surface area contributed by atoms with Crippen LogP contribution in [0.4, 0.5) is 13.2 Å². The SMILES string of the molecule is COC(=O)C1CCC(n2cnn(-c3ccc(C4CCN(C(=O)C(F)(F)F)CC4)cc3)c2=O)CC1. The third-order valence-corrected chi connectivity index (χ3v) is 6.95. The second-order valence-electron chi connectivity index (χ2n) is 8.92. The van der Waals surface area contributed by atoms with Crippen molar-refractivity contribution < 1.29 is 27.5 Å². The molecule has 2 aliphatic rings. The van der Waals surface area contributed by atoms with Crippen LogP contribution in [0, 0.1) is 5.92 Å². The Morgan fingerprint density at radius 1 is 1.00 bits per heavy atom. The summed E-state index contributed by atoms with van der Waals surface area (Å²) in [6.07, 6.45) is 0.292. The van der Waals surface area contributed by atoms with E-state index >= 15 is 0 Å². The average molecular weight is 480 g/mol. The van der Waals surface area contributed by atoms with Crippen LogP contribution < -0.4 is 5.69 Å². The van der Waals surface area contributed by atoms with E-state index in [2.05, 4.69) is 5.10 Å². The van der Waals surface area contributed by atoms with Gasteiger partial charge in [-0.2, -0.15) is 23.0 Å². The first kappa shape index (κ1) is 24.0. The van der Waals surface area contributed by atoms with Gasteiger partial charge in [0.2, 0.25) is 0 Å². The lowest BCUT2D eigenvalue weighted by Crippen LogP contribution is -2.45. The van der Waals surface area contributed by atoms with E-state index in [0.717, 1.165) is 10.5 Å². The van der Waals surface area contributed by atoms with Crippen molar-refractivity contribution in [2.75, 3.05) is 20.2 Å². The highest BCUT2D eigenvalue weighted by Gasteiger charge is 2.43. The molecule has 0 radical (unpaired) electrons. The number of ether oxygens (including phenoxy) is 1. The van der Waals surface area contributed by atoms with E-state index in [9.17, 15) is 27.6 Å². The molecular weight excluding hydrogens is 453 g/mol. The summed E-state index contributed by atoms with van der Waals surface area (Å²) in [5.74, 6) is -2.07. The molecule has 1 amide bonds. The molecule has 1 aromatic heterocycles. The number of likely N-dealkylation sites (tertiary alicyclic amines) is 1. The van der Waals surface area contributed by atoms with Gasteiger partial charge in [0.15, 0.2) is 0 Å². The van der Waals surface area contributed by atoms with E-state index < -0.39 is 12.1 Å². The Kier molecular flexibility index (Phi) is 6.81. The summed E-state index contributed by atoms with van der Waals surface area (Å²) in [7, 11) is 1.38. The monoisotopic (exact) mass is 480 g/mol. The number of alkyl halides is 3. The van der Waals surface area contributed by atoms with Gasteiger partial charge in [-0.1, -0.05) is 12.1 Å². The predicted molar refractivity (Wildman–Crippen MR) is 115 cm³/mol. The minimum absolute atomic E-state index is 0.0222. The number of hydrogen-bond donors (Lipinski definition) is 0. The van der Waals surface area contributed by atoms with Crippen LogP contribution in [-0.2, 0) is 14.3 Å². The molecule has 2 fully saturated rings. The third kappa shape index (κ3) is 4.88. The molecule has 8 nitrogen and oxygen atoms in total. The molecule has 1 aromatic carbocycles. The van der Waals surface area contributed by atoms with Gasteiger partial charge in [0.05, 0.1) is 18.7 Å². The van der Waals surface area contributed by atoms with Gasteiger partial charge in [-0.05, 0) is 62.1 Å². The van der Waals surface area contributed by atoms with E-state index in [0.29, 0.717) is 44.2 Å². The van der Waals surface area contributed by atoms with Crippen LogP contribution in [0.2, 0.25) is 0 Å². The topological polar surface area (TPSA) is 86.4 Å². The lowest BCUT2D eigenvalue weighted by Gasteiger charge is -2.32. The Morgan fingerprint density at radius 2 is 1.62 bits per heavy atom. The standard InChI is InChI=1S/C23H27F3N4O4/c1-34-20(31)17-4-6-18(7-5-17)29-14-27-30(22(29)33)19-8-2-15(3-9-19)16-10-12-28(13-11-16)21(32)23(24,25)26/h2-3,8-9,14,16-18H,4-7,10-13H2,1H3. The molecule has 2 heterocycles. The van der Waals surface area contributed by atoms with E-state index in [-0.39, 0.29) is 42.6 Å². The van der Waals surface area contributed by atoms with Crippen molar-refractivity contribution in [3.05, 3.63) is 46.6 Å².